The Bertz CT molecular complexity index is 588. The molecule has 1 heterocycles. The zero-order valence-electron chi connectivity index (χ0n) is 9.74. The quantitative estimate of drug-likeness (QED) is 0.936. The maximum atomic E-state index is 6.05. The van der Waals surface area contributed by atoms with Crippen LogP contribution in [0.25, 0.3) is 5.69 Å². The molecule has 0 bridgehead atoms. The third kappa shape index (κ3) is 2.03. The molecular formula is C13H13Cl2N3. The van der Waals surface area contributed by atoms with E-state index in [2.05, 4.69) is 5.10 Å². The summed E-state index contributed by atoms with van der Waals surface area (Å²) in [6, 6.07) is 5.55. The van der Waals surface area contributed by atoms with Crippen LogP contribution in [0.2, 0.25) is 10.0 Å². The molecule has 18 heavy (non-hydrogen) atoms. The van der Waals surface area contributed by atoms with E-state index >= 15 is 0 Å². The van der Waals surface area contributed by atoms with Crippen molar-refractivity contribution >= 4 is 23.2 Å². The van der Waals surface area contributed by atoms with Crippen molar-refractivity contribution in [1.29, 1.82) is 0 Å². The van der Waals surface area contributed by atoms with Crippen LogP contribution in [0.5, 0.6) is 0 Å². The third-order valence-corrected chi connectivity index (χ3v) is 3.96. The van der Waals surface area contributed by atoms with Gasteiger partial charge in [-0.25, -0.2) is 4.68 Å². The molecule has 5 heteroatoms. The van der Waals surface area contributed by atoms with Crippen LogP contribution in [0.4, 0.5) is 0 Å². The van der Waals surface area contributed by atoms with Crippen LogP contribution in [0.3, 0.4) is 0 Å². The predicted octanol–water partition coefficient (Wildman–Crippen LogP) is 3.52. The Morgan fingerprint density at radius 1 is 1.28 bits per heavy atom. The molecule has 0 atom stereocenters. The minimum atomic E-state index is 0.521. The van der Waals surface area contributed by atoms with Crippen LogP contribution in [-0.4, -0.2) is 9.78 Å². The molecule has 1 aromatic carbocycles. The molecule has 0 amide bonds. The number of aromatic nitrogens is 2. The number of benzene rings is 1. The number of rotatable bonds is 3. The second-order valence-corrected chi connectivity index (χ2v) is 5.36. The Morgan fingerprint density at radius 3 is 2.67 bits per heavy atom. The molecule has 3 rings (SSSR count). The first-order chi connectivity index (χ1) is 8.70. The molecule has 0 aliphatic heterocycles. The summed E-state index contributed by atoms with van der Waals surface area (Å²) in [5.74, 6) is 0.584. The molecule has 1 aliphatic carbocycles. The van der Waals surface area contributed by atoms with E-state index < -0.39 is 0 Å². The van der Waals surface area contributed by atoms with Crippen LogP contribution >= 0.6 is 23.2 Å². The van der Waals surface area contributed by atoms with Gasteiger partial charge in [-0.2, -0.15) is 5.10 Å². The molecule has 2 aromatic rings. The van der Waals surface area contributed by atoms with E-state index in [0.29, 0.717) is 22.5 Å². The van der Waals surface area contributed by atoms with Crippen LogP contribution in [0, 0.1) is 0 Å². The lowest BCUT2D eigenvalue weighted by Crippen LogP contribution is -2.05. The molecule has 3 nitrogen and oxygen atoms in total. The standard InChI is InChI=1S/C13H13Cl2N3/c14-11-4-3-10(5-12(11)15)18-13(8-1-2-8)9(6-16)7-17-18/h3-5,7-8H,1-2,6,16H2. The Hall–Kier alpha value is -1.03. The highest BCUT2D eigenvalue weighted by Crippen LogP contribution is 2.42. The second kappa shape index (κ2) is 4.57. The molecule has 1 aromatic heterocycles. The molecule has 0 unspecified atom stereocenters. The Labute approximate surface area is 115 Å². The summed E-state index contributed by atoms with van der Waals surface area (Å²) in [5.41, 5.74) is 9.03. The van der Waals surface area contributed by atoms with E-state index in [-0.39, 0.29) is 0 Å². The zero-order valence-corrected chi connectivity index (χ0v) is 11.2. The maximum absolute atomic E-state index is 6.05. The van der Waals surface area contributed by atoms with Gasteiger partial charge in [0.05, 0.1) is 27.6 Å². The van der Waals surface area contributed by atoms with Crippen LogP contribution < -0.4 is 5.73 Å². The van der Waals surface area contributed by atoms with Gasteiger partial charge in [0, 0.05) is 18.0 Å². The van der Waals surface area contributed by atoms with Gasteiger partial charge in [-0.3, -0.25) is 0 Å². The van der Waals surface area contributed by atoms with Crippen molar-refractivity contribution in [2.75, 3.05) is 0 Å². The topological polar surface area (TPSA) is 43.8 Å². The smallest absolute Gasteiger partial charge is 0.0664 e. The highest BCUT2D eigenvalue weighted by molar-refractivity contribution is 6.42. The lowest BCUT2D eigenvalue weighted by Gasteiger charge is -2.09. The maximum Gasteiger partial charge on any atom is 0.0664 e. The molecule has 94 valence electrons. The van der Waals surface area contributed by atoms with Gasteiger partial charge in [0.25, 0.3) is 0 Å². The molecule has 0 spiro atoms. The van der Waals surface area contributed by atoms with Crippen molar-refractivity contribution in [3.63, 3.8) is 0 Å². The van der Waals surface area contributed by atoms with E-state index in [9.17, 15) is 0 Å². The van der Waals surface area contributed by atoms with E-state index in [1.807, 2.05) is 23.0 Å². The minimum absolute atomic E-state index is 0.521. The van der Waals surface area contributed by atoms with Gasteiger partial charge in [-0.05, 0) is 31.0 Å². The van der Waals surface area contributed by atoms with Gasteiger partial charge in [0.15, 0.2) is 0 Å². The molecule has 1 aliphatic rings. The lowest BCUT2D eigenvalue weighted by molar-refractivity contribution is 0.801. The SMILES string of the molecule is NCc1cnn(-c2ccc(Cl)c(Cl)c2)c1C1CC1. The summed E-state index contributed by atoms with van der Waals surface area (Å²) < 4.78 is 1.93. The summed E-state index contributed by atoms with van der Waals surface area (Å²) in [6.07, 6.45) is 4.26. The van der Waals surface area contributed by atoms with Crippen molar-refractivity contribution in [2.45, 2.75) is 25.3 Å². The van der Waals surface area contributed by atoms with Gasteiger partial charge >= 0.3 is 0 Å². The second-order valence-electron chi connectivity index (χ2n) is 4.54. The van der Waals surface area contributed by atoms with Crippen molar-refractivity contribution in [1.82, 2.24) is 9.78 Å². The number of hydrogen-bond donors (Lipinski definition) is 1. The van der Waals surface area contributed by atoms with Crippen LogP contribution in [-0.2, 0) is 6.54 Å². The first-order valence-electron chi connectivity index (χ1n) is 5.93. The summed E-state index contributed by atoms with van der Waals surface area (Å²) in [7, 11) is 0. The minimum Gasteiger partial charge on any atom is -0.326 e. The first-order valence-corrected chi connectivity index (χ1v) is 6.68. The number of nitrogens with zero attached hydrogens (tertiary/aromatic N) is 2. The van der Waals surface area contributed by atoms with Crippen LogP contribution in [0.1, 0.15) is 30.0 Å². The van der Waals surface area contributed by atoms with E-state index in [0.717, 1.165) is 11.3 Å². The predicted molar refractivity (Wildman–Crippen MR) is 73.5 cm³/mol. The highest BCUT2D eigenvalue weighted by atomic mass is 35.5. The summed E-state index contributed by atoms with van der Waals surface area (Å²) in [5, 5.41) is 5.52. The summed E-state index contributed by atoms with van der Waals surface area (Å²) in [4.78, 5) is 0. The average Bonchev–Trinajstić information content (AvgIpc) is 3.12. The monoisotopic (exact) mass is 281 g/mol. The number of halogens is 2. The molecule has 1 saturated carbocycles. The van der Waals surface area contributed by atoms with E-state index in [1.54, 1.807) is 6.07 Å². The molecule has 1 fully saturated rings. The molecule has 0 saturated heterocycles. The lowest BCUT2D eigenvalue weighted by atomic mass is 10.1. The van der Waals surface area contributed by atoms with E-state index in [4.69, 9.17) is 28.9 Å². The van der Waals surface area contributed by atoms with Gasteiger partial charge < -0.3 is 5.73 Å². The summed E-state index contributed by atoms with van der Waals surface area (Å²) in [6.45, 7) is 0.521. The summed E-state index contributed by atoms with van der Waals surface area (Å²) >= 11 is 12.0. The van der Waals surface area contributed by atoms with Gasteiger partial charge in [-0.1, -0.05) is 23.2 Å². The Morgan fingerprint density at radius 2 is 2.06 bits per heavy atom. The van der Waals surface area contributed by atoms with Crippen molar-refractivity contribution in [3.8, 4) is 5.69 Å². The fourth-order valence-electron chi connectivity index (χ4n) is 2.16. The molecular weight excluding hydrogens is 269 g/mol. The fraction of sp³-hybridized carbons (Fsp3) is 0.308. The Kier molecular flexibility index (Phi) is 3.06. The average molecular weight is 282 g/mol. The normalized spacial score (nSPS) is 15.1. The first kappa shape index (κ1) is 12.0. The number of hydrogen-bond acceptors (Lipinski definition) is 2. The van der Waals surface area contributed by atoms with E-state index in [1.165, 1.54) is 18.5 Å². The van der Waals surface area contributed by atoms with Gasteiger partial charge in [-0.15, -0.1) is 0 Å². The fourth-order valence-corrected chi connectivity index (χ4v) is 2.46. The molecule has 0 radical (unpaired) electrons. The van der Waals surface area contributed by atoms with Gasteiger partial charge in [0.1, 0.15) is 0 Å². The Balaban J connectivity index is 2.10. The van der Waals surface area contributed by atoms with Gasteiger partial charge in [0.2, 0.25) is 0 Å². The largest absolute Gasteiger partial charge is 0.326 e. The van der Waals surface area contributed by atoms with Crippen LogP contribution in [0.15, 0.2) is 24.4 Å². The zero-order chi connectivity index (χ0) is 12.7. The molecule has 2 N–H and O–H groups in total. The van der Waals surface area contributed by atoms with Crippen molar-refractivity contribution in [2.24, 2.45) is 5.73 Å². The van der Waals surface area contributed by atoms with Crippen molar-refractivity contribution in [3.05, 3.63) is 45.7 Å². The number of nitrogens with two attached hydrogens (primary N) is 1. The highest BCUT2D eigenvalue weighted by Gasteiger charge is 2.30. The van der Waals surface area contributed by atoms with Crippen molar-refractivity contribution < 1.29 is 0 Å². The third-order valence-electron chi connectivity index (χ3n) is 3.22.